The van der Waals surface area contributed by atoms with Gasteiger partial charge in [-0.2, -0.15) is 0 Å². The molecule has 0 spiro atoms. The zero-order valence-electron chi connectivity index (χ0n) is 13.7. The summed E-state index contributed by atoms with van der Waals surface area (Å²) in [5.41, 5.74) is -0.337. The van der Waals surface area contributed by atoms with E-state index in [9.17, 15) is 9.59 Å². The lowest BCUT2D eigenvalue weighted by atomic mass is 9.90. The molecule has 1 aliphatic heterocycles. The molecule has 1 aliphatic rings. The van der Waals surface area contributed by atoms with Crippen molar-refractivity contribution in [2.75, 3.05) is 19.6 Å². The summed E-state index contributed by atoms with van der Waals surface area (Å²) in [7, 11) is 0. The molecule has 0 unspecified atom stereocenters. The van der Waals surface area contributed by atoms with Crippen LogP contribution < -0.4 is 5.32 Å². The van der Waals surface area contributed by atoms with Gasteiger partial charge in [0.25, 0.3) is 0 Å². The molecule has 2 amide bonds. The van der Waals surface area contributed by atoms with Crippen LogP contribution in [0.1, 0.15) is 38.5 Å². The molecule has 1 aromatic rings. The van der Waals surface area contributed by atoms with Crippen molar-refractivity contribution in [1.29, 1.82) is 0 Å². The first kappa shape index (κ1) is 17.0. The lowest BCUT2D eigenvalue weighted by molar-refractivity contribution is -0.142. The summed E-state index contributed by atoms with van der Waals surface area (Å²) in [6, 6.07) is 4.12. The van der Waals surface area contributed by atoms with Crippen LogP contribution in [0, 0.1) is 11.3 Å². The first-order valence-corrected chi connectivity index (χ1v) is 8.85. The Morgan fingerprint density at radius 1 is 1.32 bits per heavy atom. The van der Waals surface area contributed by atoms with Gasteiger partial charge in [0, 0.05) is 35.8 Å². The fraction of sp³-hybridized carbons (Fsp3) is 0.647. The Labute approximate surface area is 136 Å². The summed E-state index contributed by atoms with van der Waals surface area (Å²) < 4.78 is 0. The van der Waals surface area contributed by atoms with Gasteiger partial charge < -0.3 is 10.2 Å². The molecule has 2 rings (SSSR count). The second kappa shape index (κ2) is 7.27. The van der Waals surface area contributed by atoms with Crippen LogP contribution in [0.3, 0.4) is 0 Å². The van der Waals surface area contributed by atoms with E-state index in [1.54, 1.807) is 11.3 Å². The van der Waals surface area contributed by atoms with Gasteiger partial charge in [0.05, 0.1) is 0 Å². The van der Waals surface area contributed by atoms with E-state index in [-0.39, 0.29) is 23.1 Å². The fourth-order valence-electron chi connectivity index (χ4n) is 2.73. The predicted molar refractivity (Wildman–Crippen MR) is 89.8 cm³/mol. The Bertz CT molecular complexity index is 497. The van der Waals surface area contributed by atoms with Gasteiger partial charge in [-0.05, 0) is 30.7 Å². The Morgan fingerprint density at radius 3 is 2.55 bits per heavy atom. The van der Waals surface area contributed by atoms with Gasteiger partial charge >= 0.3 is 0 Å². The highest BCUT2D eigenvalue weighted by molar-refractivity contribution is 7.09. The first-order chi connectivity index (χ1) is 10.4. The summed E-state index contributed by atoms with van der Waals surface area (Å²) >= 11 is 1.72. The van der Waals surface area contributed by atoms with E-state index in [0.29, 0.717) is 19.6 Å². The third-order valence-corrected chi connectivity index (χ3v) is 4.98. The highest BCUT2D eigenvalue weighted by atomic mass is 32.1. The molecule has 1 aromatic heterocycles. The molecule has 0 aromatic carbocycles. The topological polar surface area (TPSA) is 49.4 Å². The van der Waals surface area contributed by atoms with Crippen LogP contribution in [0.25, 0.3) is 0 Å². The number of amides is 2. The number of hydrogen-bond acceptors (Lipinski definition) is 3. The number of hydrogen-bond donors (Lipinski definition) is 1. The average Bonchev–Trinajstić information content (AvgIpc) is 2.99. The average molecular weight is 322 g/mol. The SMILES string of the molecule is CC(C)(C)C(=O)N1CCC(C(=O)NCCc2cccs2)CC1. The first-order valence-electron chi connectivity index (χ1n) is 7.97. The summed E-state index contributed by atoms with van der Waals surface area (Å²) in [6.45, 7) is 7.91. The van der Waals surface area contributed by atoms with Crippen molar-refractivity contribution in [2.24, 2.45) is 11.3 Å². The van der Waals surface area contributed by atoms with Crippen LogP contribution in [0.4, 0.5) is 0 Å². The van der Waals surface area contributed by atoms with E-state index in [2.05, 4.69) is 16.8 Å². The maximum absolute atomic E-state index is 12.2. The molecule has 0 bridgehead atoms. The largest absolute Gasteiger partial charge is 0.355 e. The third-order valence-electron chi connectivity index (χ3n) is 4.05. The number of carbonyl (C=O) groups is 2. The lowest BCUT2D eigenvalue weighted by Gasteiger charge is -2.35. The number of carbonyl (C=O) groups excluding carboxylic acids is 2. The molecule has 0 atom stereocenters. The maximum atomic E-state index is 12.2. The Morgan fingerprint density at radius 2 is 2.00 bits per heavy atom. The minimum Gasteiger partial charge on any atom is -0.355 e. The van der Waals surface area contributed by atoms with Gasteiger partial charge in [0.2, 0.25) is 11.8 Å². The minimum absolute atomic E-state index is 0.0485. The van der Waals surface area contributed by atoms with Gasteiger partial charge in [-0.25, -0.2) is 0 Å². The molecular formula is C17H26N2O2S. The molecule has 1 N–H and O–H groups in total. The fourth-order valence-corrected chi connectivity index (χ4v) is 3.44. The van der Waals surface area contributed by atoms with Gasteiger partial charge in [-0.3, -0.25) is 9.59 Å². The predicted octanol–water partition coefficient (Wildman–Crippen LogP) is 2.69. The smallest absolute Gasteiger partial charge is 0.227 e. The van der Waals surface area contributed by atoms with E-state index in [1.165, 1.54) is 4.88 Å². The van der Waals surface area contributed by atoms with E-state index in [1.807, 2.05) is 31.7 Å². The normalized spacial score (nSPS) is 16.6. The standard InChI is InChI=1S/C17H26N2O2S/c1-17(2,3)16(21)19-10-7-13(8-11-19)15(20)18-9-6-14-5-4-12-22-14/h4-5,12-13H,6-11H2,1-3H3,(H,18,20). The molecule has 4 nitrogen and oxygen atoms in total. The number of piperidine rings is 1. The van der Waals surface area contributed by atoms with E-state index < -0.39 is 0 Å². The molecule has 0 aliphatic carbocycles. The summed E-state index contributed by atoms with van der Waals surface area (Å²) in [5.74, 6) is 0.371. The van der Waals surface area contributed by atoms with Crippen molar-refractivity contribution in [1.82, 2.24) is 10.2 Å². The Hall–Kier alpha value is -1.36. The highest BCUT2D eigenvalue weighted by Gasteiger charge is 2.32. The zero-order chi connectivity index (χ0) is 16.2. The quantitative estimate of drug-likeness (QED) is 0.926. The van der Waals surface area contributed by atoms with Gasteiger partial charge in [0.1, 0.15) is 0 Å². The van der Waals surface area contributed by atoms with Crippen LogP contribution in [-0.4, -0.2) is 36.3 Å². The van der Waals surface area contributed by atoms with E-state index in [4.69, 9.17) is 0 Å². The third kappa shape index (κ3) is 4.57. The van der Waals surface area contributed by atoms with Crippen molar-refractivity contribution in [2.45, 2.75) is 40.0 Å². The van der Waals surface area contributed by atoms with Crippen molar-refractivity contribution < 1.29 is 9.59 Å². The van der Waals surface area contributed by atoms with Crippen molar-refractivity contribution in [3.63, 3.8) is 0 Å². The molecule has 1 saturated heterocycles. The van der Waals surface area contributed by atoms with Crippen LogP contribution in [0.2, 0.25) is 0 Å². The van der Waals surface area contributed by atoms with Crippen molar-refractivity contribution in [3.8, 4) is 0 Å². The van der Waals surface area contributed by atoms with Crippen molar-refractivity contribution in [3.05, 3.63) is 22.4 Å². The number of thiophene rings is 1. The minimum atomic E-state index is -0.337. The van der Waals surface area contributed by atoms with Gasteiger partial charge in [-0.1, -0.05) is 26.8 Å². The van der Waals surface area contributed by atoms with Crippen LogP contribution >= 0.6 is 11.3 Å². The van der Waals surface area contributed by atoms with Gasteiger partial charge in [0.15, 0.2) is 0 Å². The lowest BCUT2D eigenvalue weighted by Crippen LogP contribution is -2.46. The van der Waals surface area contributed by atoms with Crippen LogP contribution in [-0.2, 0) is 16.0 Å². The zero-order valence-corrected chi connectivity index (χ0v) is 14.5. The molecule has 122 valence electrons. The second-order valence-electron chi connectivity index (χ2n) is 6.94. The molecule has 5 heteroatoms. The summed E-state index contributed by atoms with van der Waals surface area (Å²) in [6.07, 6.45) is 2.43. The number of likely N-dealkylation sites (tertiary alicyclic amines) is 1. The molecular weight excluding hydrogens is 296 g/mol. The number of nitrogens with zero attached hydrogens (tertiary/aromatic N) is 1. The Balaban J connectivity index is 1.72. The second-order valence-corrected chi connectivity index (χ2v) is 7.97. The molecule has 0 radical (unpaired) electrons. The van der Waals surface area contributed by atoms with E-state index in [0.717, 1.165) is 19.3 Å². The van der Waals surface area contributed by atoms with Crippen LogP contribution in [0.5, 0.6) is 0 Å². The molecule has 22 heavy (non-hydrogen) atoms. The Kier molecular flexibility index (Phi) is 5.62. The summed E-state index contributed by atoms with van der Waals surface area (Å²) in [4.78, 5) is 27.6. The monoisotopic (exact) mass is 322 g/mol. The number of rotatable bonds is 4. The summed E-state index contributed by atoms with van der Waals surface area (Å²) in [5, 5.41) is 5.08. The highest BCUT2D eigenvalue weighted by Crippen LogP contribution is 2.23. The number of nitrogens with one attached hydrogen (secondary N) is 1. The molecule has 0 saturated carbocycles. The maximum Gasteiger partial charge on any atom is 0.227 e. The van der Waals surface area contributed by atoms with Crippen molar-refractivity contribution >= 4 is 23.2 Å². The van der Waals surface area contributed by atoms with Crippen LogP contribution in [0.15, 0.2) is 17.5 Å². The molecule has 2 heterocycles. The molecule has 1 fully saturated rings. The van der Waals surface area contributed by atoms with E-state index >= 15 is 0 Å². The van der Waals surface area contributed by atoms with Gasteiger partial charge in [-0.15, -0.1) is 11.3 Å².